The Morgan fingerprint density at radius 3 is 0.756 bits per heavy atom. The topological polar surface area (TPSA) is 238 Å². The molecule has 2 aromatic carbocycles. The smallest absolute Gasteiger partial charge is 0.665 e. The third kappa shape index (κ3) is 11.8. The fourth-order valence-electron chi connectivity index (χ4n) is 3.36. The van der Waals surface area contributed by atoms with Crippen molar-refractivity contribution in [2.45, 2.75) is 0 Å². The number of fused-ring (bicyclic) bond motifs is 6. The molecule has 0 aromatic heterocycles. The van der Waals surface area contributed by atoms with Gasteiger partial charge in [-0.3, -0.25) is 0 Å². The fraction of sp³-hybridized carbons (Fsp3) is 0. The molecular formula is C24H22CeN7O9+3. The van der Waals surface area contributed by atoms with Crippen LogP contribution in [0.2, 0.25) is 0 Å². The molecule has 41 heavy (non-hydrogen) atoms. The SMILES string of the molecule is C1=C[N-]c2c3c(ccc2=C1)=CC=C[N-]3.C1=C[N-]c2c3c(ccc2=C1)=CC=C[N-]3.O=[N+](O)O.O=[N+](O)O.O=[N+](O)O.[Ce+4]. The third-order valence-electron chi connectivity index (χ3n) is 4.69. The van der Waals surface area contributed by atoms with Gasteiger partial charge in [0.05, 0.1) is 0 Å². The Labute approximate surface area is 264 Å². The molecule has 4 aliphatic heterocycles. The monoisotopic (exact) mass is 692 g/mol. The average molecular weight is 693 g/mol. The van der Waals surface area contributed by atoms with Crippen LogP contribution in [0.1, 0.15) is 0 Å². The molecule has 4 aliphatic rings. The summed E-state index contributed by atoms with van der Waals surface area (Å²) in [5.41, 5.74) is 3.91. The van der Waals surface area contributed by atoms with E-state index < -0.39 is 15.3 Å². The summed E-state index contributed by atoms with van der Waals surface area (Å²) in [6.07, 6.45) is 23.2. The van der Waals surface area contributed by atoms with E-state index in [1.54, 1.807) is 24.8 Å². The van der Waals surface area contributed by atoms with Gasteiger partial charge in [-0.1, -0.05) is 72.9 Å². The van der Waals surface area contributed by atoms with E-state index in [0.29, 0.717) is 0 Å². The number of nitrogens with zero attached hydrogens (tertiary/aromatic N) is 7. The molecule has 0 unspecified atom stereocenters. The molecule has 2 aromatic rings. The van der Waals surface area contributed by atoms with E-state index in [1.807, 2.05) is 24.3 Å². The van der Waals surface area contributed by atoms with Gasteiger partial charge in [-0.25, -0.2) is 31.2 Å². The second kappa shape index (κ2) is 17.6. The molecule has 6 rings (SSSR count). The van der Waals surface area contributed by atoms with Crippen LogP contribution < -0.4 is 20.9 Å². The van der Waals surface area contributed by atoms with Gasteiger partial charge >= 0.3 is 57.0 Å². The Hall–Kier alpha value is -4.94. The van der Waals surface area contributed by atoms with Gasteiger partial charge in [0.2, 0.25) is 0 Å². The van der Waals surface area contributed by atoms with Crippen LogP contribution in [-0.2, 0) is 0 Å². The minimum atomic E-state index is -1.25. The first-order valence-electron chi connectivity index (χ1n) is 10.8. The average Bonchev–Trinajstić information content (AvgIpc) is 2.92. The van der Waals surface area contributed by atoms with Crippen molar-refractivity contribution < 1.29 is 88.3 Å². The molecule has 16 nitrogen and oxygen atoms in total. The maximum Gasteiger partial charge on any atom is 4.00 e. The molecule has 0 spiro atoms. The van der Waals surface area contributed by atoms with Crippen LogP contribution in [0.5, 0.6) is 0 Å². The van der Waals surface area contributed by atoms with E-state index in [4.69, 9.17) is 46.0 Å². The first-order valence-corrected chi connectivity index (χ1v) is 10.8. The van der Waals surface area contributed by atoms with Crippen LogP contribution in [-0.4, -0.2) is 46.5 Å². The minimum absolute atomic E-state index is 0. The Kier molecular flexibility index (Phi) is 14.6. The third-order valence-corrected chi connectivity index (χ3v) is 4.69. The Bertz CT molecular complexity index is 1390. The van der Waals surface area contributed by atoms with Gasteiger partial charge in [0.25, 0.3) is 0 Å². The zero-order valence-corrected chi connectivity index (χ0v) is 23.9. The van der Waals surface area contributed by atoms with Gasteiger partial charge in [0, 0.05) is 0 Å². The summed E-state index contributed by atoms with van der Waals surface area (Å²) >= 11 is 0. The number of benzene rings is 2. The number of hydrogen-bond donors (Lipinski definition) is 6. The Morgan fingerprint density at radius 1 is 0.415 bits per heavy atom. The van der Waals surface area contributed by atoms with Crippen molar-refractivity contribution >= 4 is 47.1 Å². The number of rotatable bonds is 0. The predicted octanol–water partition coefficient (Wildman–Crippen LogP) is 3.26. The van der Waals surface area contributed by atoms with Crippen molar-refractivity contribution in [3.05, 3.63) is 130 Å². The van der Waals surface area contributed by atoms with Crippen molar-refractivity contribution in [2.75, 3.05) is 0 Å². The molecule has 0 saturated heterocycles. The number of hydrogen-bond acceptors (Lipinski definition) is 3. The molecular weight excluding hydrogens is 670 g/mol. The van der Waals surface area contributed by atoms with Crippen LogP contribution in [0.25, 0.3) is 45.6 Å². The molecule has 0 atom stereocenters. The van der Waals surface area contributed by atoms with Gasteiger partial charge in [0.1, 0.15) is 14.7 Å². The van der Waals surface area contributed by atoms with Gasteiger partial charge in [-0.15, -0.1) is 22.7 Å². The molecule has 208 valence electrons. The van der Waals surface area contributed by atoms with E-state index in [0.717, 1.165) is 43.6 Å². The van der Waals surface area contributed by atoms with Crippen molar-refractivity contribution in [2.24, 2.45) is 0 Å². The van der Waals surface area contributed by atoms with Crippen LogP contribution in [0, 0.1) is 56.5 Å². The molecule has 0 saturated carbocycles. The summed E-state index contributed by atoms with van der Waals surface area (Å²) in [5, 5.41) is 59.5. The summed E-state index contributed by atoms with van der Waals surface area (Å²) in [6, 6.07) is 8.30. The van der Waals surface area contributed by atoms with E-state index in [9.17, 15) is 0 Å². The molecule has 0 radical (unpaired) electrons. The second-order valence-corrected chi connectivity index (χ2v) is 7.19. The summed E-state index contributed by atoms with van der Waals surface area (Å²) in [6.45, 7) is 0. The zero-order valence-electron chi connectivity index (χ0n) is 20.8. The first kappa shape index (κ1) is 34.1. The summed E-state index contributed by atoms with van der Waals surface area (Å²) < 4.78 is 0. The van der Waals surface area contributed by atoms with Crippen LogP contribution in [0.3, 0.4) is 0 Å². The molecule has 6 N–H and O–H groups in total. The molecule has 0 aliphatic carbocycles. The molecule has 0 fully saturated rings. The van der Waals surface area contributed by atoms with Gasteiger partial charge in [-0.05, 0) is 20.9 Å². The van der Waals surface area contributed by atoms with E-state index in [2.05, 4.69) is 69.8 Å². The molecule has 0 bridgehead atoms. The molecule has 17 heteroatoms. The normalized spacial score (nSPS) is 12.3. The zero-order chi connectivity index (χ0) is 29.5. The maximum absolute atomic E-state index is 8.47. The van der Waals surface area contributed by atoms with Crippen molar-refractivity contribution in [3.8, 4) is 0 Å². The predicted molar refractivity (Wildman–Crippen MR) is 139 cm³/mol. The van der Waals surface area contributed by atoms with Gasteiger partial charge in [-0.2, -0.15) is 24.8 Å². The standard InChI is InChI=1S/2C12H8N2.Ce.3H2NO3/c2*1-3-9-5-6-10-4-2-8-14-12(10)11(9)13-7-1;;3*2-1(3)4/h2*1-8H;;3*(H2,2,3,4)/q2*-2;+4;3*+1. The summed E-state index contributed by atoms with van der Waals surface area (Å²) in [7, 11) is 0. The van der Waals surface area contributed by atoms with Crippen LogP contribution in [0.15, 0.2) is 73.4 Å². The van der Waals surface area contributed by atoms with E-state index in [1.165, 1.54) is 0 Å². The van der Waals surface area contributed by atoms with Crippen LogP contribution >= 0.6 is 0 Å². The van der Waals surface area contributed by atoms with Gasteiger partial charge < -0.3 is 21.3 Å². The first-order chi connectivity index (χ1) is 19.1. The molecule has 4 heterocycles. The van der Waals surface area contributed by atoms with E-state index >= 15 is 0 Å². The Morgan fingerprint density at radius 2 is 0.585 bits per heavy atom. The largest absolute Gasteiger partial charge is 4.00 e. The summed E-state index contributed by atoms with van der Waals surface area (Å²) in [4.78, 5) is 25.4. The van der Waals surface area contributed by atoms with E-state index in [-0.39, 0.29) is 41.7 Å². The quantitative estimate of drug-likeness (QED) is 0.222. The maximum atomic E-state index is 8.47. The molecule has 0 amide bonds. The van der Waals surface area contributed by atoms with Crippen LogP contribution in [0.4, 0.5) is 22.7 Å². The van der Waals surface area contributed by atoms with Crippen molar-refractivity contribution in [1.29, 1.82) is 0 Å². The fourth-order valence-corrected chi connectivity index (χ4v) is 3.36. The number of allylic oxidation sites excluding steroid dienone is 4. The van der Waals surface area contributed by atoms with Gasteiger partial charge in [0.15, 0.2) is 0 Å². The summed E-state index contributed by atoms with van der Waals surface area (Å²) in [5.74, 6) is 0. The second-order valence-electron chi connectivity index (χ2n) is 7.19. The van der Waals surface area contributed by atoms with Crippen molar-refractivity contribution in [1.82, 2.24) is 0 Å². The van der Waals surface area contributed by atoms with Crippen molar-refractivity contribution in [3.63, 3.8) is 0 Å². The Balaban J connectivity index is 0.000000293. The minimum Gasteiger partial charge on any atom is -0.665 e.